The van der Waals surface area contributed by atoms with Gasteiger partial charge in [0, 0.05) is 25.6 Å². The zero-order valence-electron chi connectivity index (χ0n) is 11.9. The summed E-state index contributed by atoms with van der Waals surface area (Å²) in [7, 11) is 0. The van der Waals surface area contributed by atoms with Gasteiger partial charge in [-0.1, -0.05) is 12.8 Å². The smallest absolute Gasteiger partial charge is 0.222 e. The third-order valence-electron chi connectivity index (χ3n) is 4.58. The SMILES string of the molecule is Cl.NC(=O)C1CCCN(C(=O)CC2CCCCC2N)C1. The highest BCUT2D eigenvalue weighted by atomic mass is 35.5. The Morgan fingerprint density at radius 3 is 2.45 bits per heavy atom. The van der Waals surface area contributed by atoms with Gasteiger partial charge in [0.2, 0.25) is 11.8 Å². The molecule has 0 aromatic rings. The summed E-state index contributed by atoms with van der Waals surface area (Å²) in [6, 6.07) is 0.162. The summed E-state index contributed by atoms with van der Waals surface area (Å²) in [5, 5.41) is 0. The van der Waals surface area contributed by atoms with Crippen LogP contribution >= 0.6 is 12.4 Å². The second kappa shape index (κ2) is 7.84. The molecule has 20 heavy (non-hydrogen) atoms. The standard InChI is InChI=1S/C14H25N3O2.ClH/c15-12-6-2-1-4-10(12)8-13(18)17-7-3-5-11(9-17)14(16)19;/h10-12H,1-9,15H2,(H2,16,19);1H. The molecule has 2 rings (SSSR count). The molecule has 2 amide bonds. The van der Waals surface area contributed by atoms with Crippen molar-refractivity contribution in [2.75, 3.05) is 13.1 Å². The summed E-state index contributed by atoms with van der Waals surface area (Å²) in [5.41, 5.74) is 11.4. The fourth-order valence-electron chi connectivity index (χ4n) is 3.28. The van der Waals surface area contributed by atoms with Crippen LogP contribution in [0.15, 0.2) is 0 Å². The largest absolute Gasteiger partial charge is 0.369 e. The molecule has 4 N–H and O–H groups in total. The maximum absolute atomic E-state index is 12.3. The Bertz CT molecular complexity index is 351. The number of amides is 2. The maximum atomic E-state index is 12.3. The van der Waals surface area contributed by atoms with Crippen LogP contribution in [0, 0.1) is 11.8 Å². The zero-order valence-corrected chi connectivity index (χ0v) is 12.7. The van der Waals surface area contributed by atoms with Crippen LogP contribution in [0.1, 0.15) is 44.9 Å². The predicted octanol–water partition coefficient (Wildman–Crippen LogP) is 1.04. The van der Waals surface area contributed by atoms with Gasteiger partial charge in [-0.05, 0) is 31.6 Å². The number of hydrogen-bond donors (Lipinski definition) is 2. The molecule has 2 fully saturated rings. The minimum absolute atomic E-state index is 0. The molecule has 0 spiro atoms. The molecule has 1 saturated heterocycles. The summed E-state index contributed by atoms with van der Waals surface area (Å²) >= 11 is 0. The van der Waals surface area contributed by atoms with Gasteiger partial charge < -0.3 is 16.4 Å². The molecule has 5 nitrogen and oxygen atoms in total. The molecule has 0 aromatic carbocycles. The third-order valence-corrected chi connectivity index (χ3v) is 4.58. The van der Waals surface area contributed by atoms with Gasteiger partial charge in [0.05, 0.1) is 5.92 Å². The molecule has 116 valence electrons. The summed E-state index contributed by atoms with van der Waals surface area (Å²) in [4.78, 5) is 25.3. The first-order valence-corrected chi connectivity index (χ1v) is 7.40. The van der Waals surface area contributed by atoms with Crippen LogP contribution in [0.4, 0.5) is 0 Å². The number of rotatable bonds is 3. The van der Waals surface area contributed by atoms with Crippen molar-refractivity contribution in [3.63, 3.8) is 0 Å². The fraction of sp³-hybridized carbons (Fsp3) is 0.857. The lowest BCUT2D eigenvalue weighted by atomic mass is 9.82. The molecule has 3 atom stereocenters. The average Bonchev–Trinajstić information content (AvgIpc) is 2.41. The second-order valence-corrected chi connectivity index (χ2v) is 5.99. The number of hydrogen-bond acceptors (Lipinski definition) is 3. The van der Waals surface area contributed by atoms with Crippen LogP contribution in [0.2, 0.25) is 0 Å². The number of nitrogens with two attached hydrogens (primary N) is 2. The molecule has 1 heterocycles. The molecule has 6 heteroatoms. The van der Waals surface area contributed by atoms with E-state index in [1.165, 1.54) is 12.8 Å². The molecular weight excluding hydrogens is 278 g/mol. The van der Waals surface area contributed by atoms with Crippen molar-refractivity contribution >= 4 is 24.2 Å². The lowest BCUT2D eigenvalue weighted by molar-refractivity contribution is -0.136. The third kappa shape index (κ3) is 4.35. The Morgan fingerprint density at radius 1 is 1.10 bits per heavy atom. The molecule has 3 unspecified atom stereocenters. The van der Waals surface area contributed by atoms with Gasteiger partial charge in [-0.3, -0.25) is 9.59 Å². The number of likely N-dealkylation sites (tertiary alicyclic amines) is 1. The first kappa shape index (κ1) is 17.2. The van der Waals surface area contributed by atoms with E-state index in [0.29, 0.717) is 18.9 Å². The lowest BCUT2D eigenvalue weighted by Crippen LogP contribution is -2.45. The van der Waals surface area contributed by atoms with E-state index in [1.807, 2.05) is 0 Å². The van der Waals surface area contributed by atoms with Crippen molar-refractivity contribution in [1.29, 1.82) is 0 Å². The Hall–Kier alpha value is -0.810. The first-order chi connectivity index (χ1) is 9.08. The normalized spacial score (nSPS) is 30.4. The highest BCUT2D eigenvalue weighted by Crippen LogP contribution is 2.27. The topological polar surface area (TPSA) is 89.4 Å². The van der Waals surface area contributed by atoms with E-state index >= 15 is 0 Å². The van der Waals surface area contributed by atoms with Crippen LogP contribution in [0.3, 0.4) is 0 Å². The minimum Gasteiger partial charge on any atom is -0.369 e. The Morgan fingerprint density at radius 2 is 1.80 bits per heavy atom. The van der Waals surface area contributed by atoms with Crippen molar-refractivity contribution in [2.24, 2.45) is 23.3 Å². The molecule has 1 aliphatic carbocycles. The number of carbonyl (C=O) groups excluding carboxylic acids is 2. The summed E-state index contributed by atoms with van der Waals surface area (Å²) in [5.74, 6) is 0.00750. The lowest BCUT2D eigenvalue weighted by Gasteiger charge is -2.34. The maximum Gasteiger partial charge on any atom is 0.222 e. The number of carbonyl (C=O) groups is 2. The van der Waals surface area contributed by atoms with E-state index in [0.717, 1.165) is 32.2 Å². The minimum atomic E-state index is -0.285. The molecule has 2 aliphatic rings. The van der Waals surface area contributed by atoms with Gasteiger partial charge in [0.25, 0.3) is 0 Å². The van der Waals surface area contributed by atoms with E-state index in [-0.39, 0.29) is 36.2 Å². The van der Waals surface area contributed by atoms with Crippen LogP contribution in [0.5, 0.6) is 0 Å². The average molecular weight is 304 g/mol. The van der Waals surface area contributed by atoms with Gasteiger partial charge in [-0.15, -0.1) is 12.4 Å². The van der Waals surface area contributed by atoms with Crippen LogP contribution < -0.4 is 11.5 Å². The number of primary amides is 1. The molecule has 1 saturated carbocycles. The summed E-state index contributed by atoms with van der Waals surface area (Å²) in [6.45, 7) is 1.25. The molecular formula is C14H26ClN3O2. The second-order valence-electron chi connectivity index (χ2n) is 5.99. The van der Waals surface area contributed by atoms with Gasteiger partial charge in [0.15, 0.2) is 0 Å². The van der Waals surface area contributed by atoms with Gasteiger partial charge in [-0.2, -0.15) is 0 Å². The Labute approximate surface area is 126 Å². The number of nitrogens with zero attached hydrogens (tertiary/aromatic N) is 1. The predicted molar refractivity (Wildman–Crippen MR) is 80.3 cm³/mol. The van der Waals surface area contributed by atoms with Crippen LogP contribution in [-0.4, -0.2) is 35.8 Å². The monoisotopic (exact) mass is 303 g/mol. The highest BCUT2D eigenvalue weighted by molar-refractivity contribution is 5.85. The van der Waals surface area contributed by atoms with Gasteiger partial charge >= 0.3 is 0 Å². The van der Waals surface area contributed by atoms with E-state index in [9.17, 15) is 9.59 Å². The summed E-state index contributed by atoms with van der Waals surface area (Å²) < 4.78 is 0. The molecule has 0 aromatic heterocycles. The van der Waals surface area contributed by atoms with E-state index in [4.69, 9.17) is 11.5 Å². The van der Waals surface area contributed by atoms with Crippen molar-refractivity contribution in [3.05, 3.63) is 0 Å². The van der Waals surface area contributed by atoms with Gasteiger partial charge in [0.1, 0.15) is 0 Å². The van der Waals surface area contributed by atoms with E-state index < -0.39 is 0 Å². The van der Waals surface area contributed by atoms with E-state index in [2.05, 4.69) is 0 Å². The molecule has 0 radical (unpaired) electrons. The zero-order chi connectivity index (χ0) is 13.8. The van der Waals surface area contributed by atoms with Crippen molar-refractivity contribution < 1.29 is 9.59 Å². The van der Waals surface area contributed by atoms with Gasteiger partial charge in [-0.25, -0.2) is 0 Å². The molecule has 0 bridgehead atoms. The Kier molecular flexibility index (Phi) is 6.76. The van der Waals surface area contributed by atoms with Crippen molar-refractivity contribution in [3.8, 4) is 0 Å². The fourth-order valence-corrected chi connectivity index (χ4v) is 3.28. The summed E-state index contributed by atoms with van der Waals surface area (Å²) in [6.07, 6.45) is 6.65. The number of piperidine rings is 1. The number of halogens is 1. The molecule has 1 aliphatic heterocycles. The quantitative estimate of drug-likeness (QED) is 0.816. The van der Waals surface area contributed by atoms with E-state index in [1.54, 1.807) is 4.90 Å². The van der Waals surface area contributed by atoms with Crippen molar-refractivity contribution in [2.45, 2.75) is 51.0 Å². The van der Waals surface area contributed by atoms with Crippen LogP contribution in [-0.2, 0) is 9.59 Å². The Balaban J connectivity index is 0.00000200. The first-order valence-electron chi connectivity index (χ1n) is 7.40. The van der Waals surface area contributed by atoms with Crippen molar-refractivity contribution in [1.82, 2.24) is 4.90 Å². The highest BCUT2D eigenvalue weighted by Gasteiger charge is 2.30. The van der Waals surface area contributed by atoms with Crippen LogP contribution in [0.25, 0.3) is 0 Å².